The van der Waals surface area contributed by atoms with E-state index in [2.05, 4.69) is 5.32 Å². The zero-order valence-electron chi connectivity index (χ0n) is 12.3. The molecule has 0 radical (unpaired) electrons. The minimum Gasteiger partial charge on any atom is -0.381 e. The van der Waals surface area contributed by atoms with E-state index >= 15 is 0 Å². The maximum absolute atomic E-state index is 12.8. The molecule has 0 spiro atoms. The van der Waals surface area contributed by atoms with E-state index in [9.17, 15) is 9.18 Å². The first-order valence-corrected chi connectivity index (χ1v) is 8.37. The van der Waals surface area contributed by atoms with Gasteiger partial charge in [-0.2, -0.15) is 0 Å². The summed E-state index contributed by atoms with van der Waals surface area (Å²) in [5, 5.41) is 3.03. The maximum atomic E-state index is 12.8. The van der Waals surface area contributed by atoms with E-state index in [1.807, 2.05) is 6.92 Å². The molecule has 1 aromatic carbocycles. The summed E-state index contributed by atoms with van der Waals surface area (Å²) >= 11 is 1.57. The van der Waals surface area contributed by atoms with Gasteiger partial charge < -0.3 is 10.1 Å². The fraction of sp³-hybridized carbons (Fsp3) is 0.562. The number of ether oxygens (including phenoxy) is 1. The molecule has 1 fully saturated rings. The first-order valence-electron chi connectivity index (χ1n) is 7.39. The van der Waals surface area contributed by atoms with E-state index in [1.165, 1.54) is 12.1 Å². The Kier molecular flexibility index (Phi) is 6.51. The Morgan fingerprint density at radius 1 is 1.48 bits per heavy atom. The quantitative estimate of drug-likeness (QED) is 0.786. The van der Waals surface area contributed by atoms with Gasteiger partial charge in [0.15, 0.2) is 0 Å². The lowest BCUT2D eigenvalue weighted by Crippen LogP contribution is -2.34. The molecule has 0 bridgehead atoms. The number of nitrogens with one attached hydrogen (secondary N) is 1. The van der Waals surface area contributed by atoms with Gasteiger partial charge >= 0.3 is 0 Å². The number of thioether (sulfide) groups is 1. The van der Waals surface area contributed by atoms with Crippen molar-refractivity contribution in [3.8, 4) is 0 Å². The van der Waals surface area contributed by atoms with Crippen LogP contribution in [0.15, 0.2) is 29.2 Å². The Bertz CT molecular complexity index is 446. The molecule has 0 saturated carbocycles. The van der Waals surface area contributed by atoms with E-state index in [1.54, 1.807) is 23.9 Å². The zero-order valence-corrected chi connectivity index (χ0v) is 13.1. The van der Waals surface area contributed by atoms with Crippen molar-refractivity contribution in [2.24, 2.45) is 5.92 Å². The van der Waals surface area contributed by atoms with E-state index in [4.69, 9.17) is 4.74 Å². The smallest absolute Gasteiger partial charge is 0.221 e. The maximum Gasteiger partial charge on any atom is 0.221 e. The molecule has 2 atom stereocenters. The monoisotopic (exact) mass is 311 g/mol. The number of hydrogen-bond donors (Lipinski definition) is 1. The van der Waals surface area contributed by atoms with Crippen molar-refractivity contribution in [2.75, 3.05) is 19.0 Å². The van der Waals surface area contributed by atoms with Crippen LogP contribution in [0.5, 0.6) is 0 Å². The molecule has 1 aromatic rings. The molecule has 1 aliphatic rings. The molecule has 0 aliphatic carbocycles. The van der Waals surface area contributed by atoms with Crippen LogP contribution in [0.25, 0.3) is 0 Å². The minimum atomic E-state index is -0.234. The third-order valence-corrected chi connectivity index (χ3v) is 4.54. The van der Waals surface area contributed by atoms with Crippen molar-refractivity contribution < 1.29 is 13.9 Å². The highest BCUT2D eigenvalue weighted by molar-refractivity contribution is 7.99. The fourth-order valence-electron chi connectivity index (χ4n) is 2.47. The Morgan fingerprint density at radius 2 is 2.24 bits per heavy atom. The fourth-order valence-corrected chi connectivity index (χ4v) is 3.32. The molecule has 3 nitrogen and oxygen atoms in total. The number of carbonyl (C=O) groups excluding carboxylic acids is 1. The standard InChI is InChI=1S/C16H22FNO2S/c1-12(10-13-6-8-20-11-13)18-16(19)7-9-21-15-4-2-14(17)3-5-15/h2-5,12-13H,6-11H2,1H3,(H,18,19). The predicted molar refractivity (Wildman–Crippen MR) is 82.9 cm³/mol. The van der Waals surface area contributed by atoms with Crippen molar-refractivity contribution >= 4 is 17.7 Å². The van der Waals surface area contributed by atoms with Crippen LogP contribution in [0.2, 0.25) is 0 Å². The largest absolute Gasteiger partial charge is 0.381 e. The lowest BCUT2D eigenvalue weighted by atomic mass is 10.0. The molecule has 1 aliphatic heterocycles. The zero-order chi connectivity index (χ0) is 15.1. The lowest BCUT2D eigenvalue weighted by Gasteiger charge is -2.17. The third kappa shape index (κ3) is 6.06. The molecule has 21 heavy (non-hydrogen) atoms. The highest BCUT2D eigenvalue weighted by Crippen LogP contribution is 2.20. The summed E-state index contributed by atoms with van der Waals surface area (Å²) in [5.74, 6) is 1.13. The van der Waals surface area contributed by atoms with Crippen LogP contribution >= 0.6 is 11.8 Å². The van der Waals surface area contributed by atoms with Gasteiger partial charge in [0.2, 0.25) is 5.91 Å². The van der Waals surface area contributed by atoms with Gasteiger partial charge in [-0.3, -0.25) is 4.79 Å². The number of carbonyl (C=O) groups is 1. The number of rotatable bonds is 7. The van der Waals surface area contributed by atoms with Gasteiger partial charge in [0.05, 0.1) is 0 Å². The van der Waals surface area contributed by atoms with Crippen LogP contribution < -0.4 is 5.32 Å². The SMILES string of the molecule is CC(CC1CCOC1)NC(=O)CCSc1ccc(F)cc1. The molecule has 0 aromatic heterocycles. The number of hydrogen-bond acceptors (Lipinski definition) is 3. The summed E-state index contributed by atoms with van der Waals surface area (Å²) in [6, 6.07) is 6.55. The molecule has 1 N–H and O–H groups in total. The topological polar surface area (TPSA) is 38.3 Å². The van der Waals surface area contributed by atoms with Crippen molar-refractivity contribution in [3.05, 3.63) is 30.1 Å². The average molecular weight is 311 g/mol. The second-order valence-corrected chi connectivity index (χ2v) is 6.65. The number of halogens is 1. The summed E-state index contributed by atoms with van der Waals surface area (Å²) < 4.78 is 18.1. The van der Waals surface area contributed by atoms with Crippen molar-refractivity contribution in [1.29, 1.82) is 0 Å². The van der Waals surface area contributed by atoms with E-state index in [-0.39, 0.29) is 17.8 Å². The van der Waals surface area contributed by atoms with Gasteiger partial charge in [-0.15, -0.1) is 11.8 Å². The molecule has 2 rings (SSSR count). The Labute approximate surface area is 129 Å². The van der Waals surface area contributed by atoms with Crippen LogP contribution in [0, 0.1) is 11.7 Å². The lowest BCUT2D eigenvalue weighted by molar-refractivity contribution is -0.121. The highest BCUT2D eigenvalue weighted by atomic mass is 32.2. The van der Waals surface area contributed by atoms with Gasteiger partial charge in [0, 0.05) is 36.3 Å². The summed E-state index contributed by atoms with van der Waals surface area (Å²) in [5.41, 5.74) is 0. The summed E-state index contributed by atoms with van der Waals surface area (Å²) in [4.78, 5) is 12.8. The molecular formula is C16H22FNO2S. The van der Waals surface area contributed by atoms with Crippen LogP contribution in [0.4, 0.5) is 4.39 Å². The van der Waals surface area contributed by atoms with Crippen LogP contribution in [0.1, 0.15) is 26.2 Å². The van der Waals surface area contributed by atoms with Gasteiger partial charge in [-0.1, -0.05) is 0 Å². The molecule has 5 heteroatoms. The van der Waals surface area contributed by atoms with Gasteiger partial charge in [-0.25, -0.2) is 4.39 Å². The summed E-state index contributed by atoms with van der Waals surface area (Å²) in [7, 11) is 0. The minimum absolute atomic E-state index is 0.0797. The van der Waals surface area contributed by atoms with Gasteiger partial charge in [0.1, 0.15) is 5.82 Å². The van der Waals surface area contributed by atoms with E-state index in [0.29, 0.717) is 18.1 Å². The second kappa shape index (κ2) is 8.39. The normalized spacial score (nSPS) is 19.4. The van der Waals surface area contributed by atoms with E-state index in [0.717, 1.165) is 31.0 Å². The summed E-state index contributed by atoms with van der Waals surface area (Å²) in [6.07, 6.45) is 2.56. The Hall–Kier alpha value is -1.07. The van der Waals surface area contributed by atoms with Crippen molar-refractivity contribution in [2.45, 2.75) is 37.1 Å². The Balaban J connectivity index is 1.61. The van der Waals surface area contributed by atoms with Crippen LogP contribution in [0.3, 0.4) is 0 Å². The Morgan fingerprint density at radius 3 is 2.90 bits per heavy atom. The highest BCUT2D eigenvalue weighted by Gasteiger charge is 2.19. The molecular weight excluding hydrogens is 289 g/mol. The number of benzene rings is 1. The third-order valence-electron chi connectivity index (χ3n) is 3.53. The predicted octanol–water partition coefficient (Wildman–Crippen LogP) is 3.24. The first-order chi connectivity index (χ1) is 10.1. The molecule has 1 heterocycles. The molecule has 1 saturated heterocycles. The van der Waals surface area contributed by atoms with Gasteiger partial charge in [0.25, 0.3) is 0 Å². The molecule has 116 valence electrons. The first kappa shape index (κ1) is 16.3. The average Bonchev–Trinajstić information content (AvgIpc) is 2.93. The molecule has 2 unspecified atom stereocenters. The number of amides is 1. The second-order valence-electron chi connectivity index (χ2n) is 5.49. The van der Waals surface area contributed by atoms with Crippen molar-refractivity contribution in [1.82, 2.24) is 5.32 Å². The van der Waals surface area contributed by atoms with Gasteiger partial charge in [-0.05, 0) is 49.9 Å². The van der Waals surface area contributed by atoms with Crippen LogP contribution in [-0.2, 0) is 9.53 Å². The van der Waals surface area contributed by atoms with Crippen LogP contribution in [-0.4, -0.2) is 30.9 Å². The molecule has 1 amide bonds. The van der Waals surface area contributed by atoms with Crippen molar-refractivity contribution in [3.63, 3.8) is 0 Å². The van der Waals surface area contributed by atoms with E-state index < -0.39 is 0 Å². The summed E-state index contributed by atoms with van der Waals surface area (Å²) in [6.45, 7) is 3.71.